The van der Waals surface area contributed by atoms with E-state index in [0.717, 1.165) is 22.9 Å². The number of nitrogens with zero attached hydrogens (tertiary/aromatic N) is 1. The van der Waals surface area contributed by atoms with Crippen LogP contribution in [0, 0.1) is 11.3 Å². The molecule has 0 aliphatic heterocycles. The average Bonchev–Trinajstić information content (AvgIpc) is 2.59. The highest BCUT2D eigenvalue weighted by atomic mass is 19.4. The molecular formula is C22H19F3N2. The zero-order valence-corrected chi connectivity index (χ0v) is 15.3. The molecule has 0 aliphatic rings. The molecular weight excluding hydrogens is 349 g/mol. The molecule has 0 heterocycles. The summed E-state index contributed by atoms with van der Waals surface area (Å²) in [6, 6.07) is 16.7. The Kier molecular flexibility index (Phi) is 4.61. The molecule has 0 saturated carbocycles. The first-order valence-electron chi connectivity index (χ1n) is 8.52. The minimum Gasteiger partial charge on any atom is -0.379 e. The molecule has 0 fully saturated rings. The molecule has 3 rings (SSSR count). The summed E-state index contributed by atoms with van der Waals surface area (Å²) in [6.07, 6.45) is -4.38. The van der Waals surface area contributed by atoms with Crippen molar-refractivity contribution in [1.29, 1.82) is 5.26 Å². The van der Waals surface area contributed by atoms with Crippen LogP contribution in [0.2, 0.25) is 0 Å². The Morgan fingerprint density at radius 1 is 0.926 bits per heavy atom. The van der Waals surface area contributed by atoms with Crippen LogP contribution in [0.4, 0.5) is 18.9 Å². The zero-order chi connectivity index (χ0) is 19.8. The second kappa shape index (κ2) is 6.62. The van der Waals surface area contributed by atoms with E-state index >= 15 is 0 Å². The number of halogens is 3. The molecule has 0 aliphatic carbocycles. The third kappa shape index (κ3) is 3.90. The van der Waals surface area contributed by atoms with E-state index in [1.165, 1.54) is 12.1 Å². The molecule has 138 valence electrons. The summed E-state index contributed by atoms with van der Waals surface area (Å²) in [4.78, 5) is 0. The number of nitriles is 1. The van der Waals surface area contributed by atoms with E-state index in [-0.39, 0.29) is 5.54 Å². The number of nitrogens with one attached hydrogen (secondary N) is 1. The molecule has 0 aromatic heterocycles. The Labute approximate surface area is 156 Å². The van der Waals surface area contributed by atoms with E-state index < -0.39 is 11.7 Å². The number of hydrogen-bond acceptors (Lipinski definition) is 2. The van der Waals surface area contributed by atoms with Crippen molar-refractivity contribution in [2.45, 2.75) is 32.5 Å². The molecule has 0 saturated heterocycles. The molecule has 0 atom stereocenters. The number of alkyl halides is 3. The molecule has 0 amide bonds. The fraction of sp³-hybridized carbons (Fsp3) is 0.227. The maximum Gasteiger partial charge on any atom is 0.416 e. The third-order valence-electron chi connectivity index (χ3n) is 4.18. The third-order valence-corrected chi connectivity index (χ3v) is 4.18. The van der Waals surface area contributed by atoms with Crippen molar-refractivity contribution in [3.63, 3.8) is 0 Å². The fourth-order valence-corrected chi connectivity index (χ4v) is 3.03. The Balaban J connectivity index is 2.27. The first-order chi connectivity index (χ1) is 12.6. The van der Waals surface area contributed by atoms with Gasteiger partial charge in [0.25, 0.3) is 0 Å². The lowest BCUT2D eigenvalue weighted by atomic mass is 9.92. The van der Waals surface area contributed by atoms with Gasteiger partial charge in [0.1, 0.15) is 6.07 Å². The summed E-state index contributed by atoms with van der Waals surface area (Å²) in [6.45, 7) is 5.92. The van der Waals surface area contributed by atoms with Crippen molar-refractivity contribution in [2.75, 3.05) is 5.32 Å². The maximum absolute atomic E-state index is 12.9. The number of hydrogen-bond donors (Lipinski definition) is 1. The van der Waals surface area contributed by atoms with E-state index in [1.807, 2.05) is 51.1 Å². The van der Waals surface area contributed by atoms with Crippen LogP contribution in [0.1, 0.15) is 31.9 Å². The van der Waals surface area contributed by atoms with Gasteiger partial charge in [-0.05, 0) is 49.9 Å². The molecule has 27 heavy (non-hydrogen) atoms. The summed E-state index contributed by atoms with van der Waals surface area (Å²) in [5, 5.41) is 14.8. The molecule has 3 aromatic rings. The highest BCUT2D eigenvalue weighted by molar-refractivity contribution is 6.00. The summed E-state index contributed by atoms with van der Waals surface area (Å²) < 4.78 is 38.7. The molecule has 0 spiro atoms. The van der Waals surface area contributed by atoms with Crippen LogP contribution in [0.5, 0.6) is 0 Å². The first-order valence-corrected chi connectivity index (χ1v) is 8.52. The van der Waals surface area contributed by atoms with Gasteiger partial charge >= 0.3 is 6.18 Å². The Morgan fingerprint density at radius 3 is 2.11 bits per heavy atom. The van der Waals surface area contributed by atoms with Gasteiger partial charge < -0.3 is 5.32 Å². The van der Waals surface area contributed by atoms with Crippen LogP contribution in [0.15, 0.2) is 54.6 Å². The number of rotatable bonds is 2. The summed E-state index contributed by atoms with van der Waals surface area (Å²) in [5.74, 6) is 0. The van der Waals surface area contributed by atoms with Gasteiger partial charge in [0, 0.05) is 16.5 Å². The molecule has 3 aromatic carbocycles. The monoisotopic (exact) mass is 368 g/mol. The normalized spacial score (nSPS) is 12.0. The molecule has 2 nitrogen and oxygen atoms in total. The lowest BCUT2D eigenvalue weighted by molar-refractivity contribution is -0.137. The van der Waals surface area contributed by atoms with Crippen molar-refractivity contribution >= 4 is 16.5 Å². The Hall–Kier alpha value is -3.00. The molecule has 0 radical (unpaired) electrons. The predicted molar refractivity (Wildman–Crippen MR) is 102 cm³/mol. The van der Waals surface area contributed by atoms with Gasteiger partial charge in [-0.15, -0.1) is 0 Å². The summed E-state index contributed by atoms with van der Waals surface area (Å²) >= 11 is 0. The number of anilines is 1. The van der Waals surface area contributed by atoms with E-state index in [0.29, 0.717) is 22.4 Å². The summed E-state index contributed by atoms with van der Waals surface area (Å²) in [5.41, 5.74) is 1.42. The molecule has 5 heteroatoms. The van der Waals surface area contributed by atoms with Crippen LogP contribution < -0.4 is 5.32 Å². The van der Waals surface area contributed by atoms with Crippen LogP contribution in [0.25, 0.3) is 21.9 Å². The van der Waals surface area contributed by atoms with Crippen molar-refractivity contribution in [2.24, 2.45) is 0 Å². The highest BCUT2D eigenvalue weighted by Gasteiger charge is 2.30. The van der Waals surface area contributed by atoms with Crippen molar-refractivity contribution in [3.05, 3.63) is 65.7 Å². The van der Waals surface area contributed by atoms with Crippen LogP contribution in [0.3, 0.4) is 0 Å². The van der Waals surface area contributed by atoms with Gasteiger partial charge in [-0.25, -0.2) is 0 Å². The van der Waals surface area contributed by atoms with Crippen LogP contribution in [-0.2, 0) is 6.18 Å². The second-order valence-electron chi connectivity index (χ2n) is 7.46. The predicted octanol–water partition coefficient (Wildman–Crippen LogP) is 6.61. The Morgan fingerprint density at radius 2 is 1.56 bits per heavy atom. The van der Waals surface area contributed by atoms with Gasteiger partial charge in [-0.3, -0.25) is 0 Å². The molecule has 1 N–H and O–H groups in total. The van der Waals surface area contributed by atoms with E-state index in [9.17, 15) is 18.4 Å². The van der Waals surface area contributed by atoms with Crippen molar-refractivity contribution in [1.82, 2.24) is 0 Å². The average molecular weight is 368 g/mol. The topological polar surface area (TPSA) is 35.8 Å². The lowest BCUT2D eigenvalue weighted by Crippen LogP contribution is -2.27. The van der Waals surface area contributed by atoms with Gasteiger partial charge in [0.05, 0.1) is 16.8 Å². The largest absolute Gasteiger partial charge is 0.416 e. The van der Waals surface area contributed by atoms with Crippen molar-refractivity contribution in [3.8, 4) is 17.2 Å². The van der Waals surface area contributed by atoms with Crippen LogP contribution >= 0.6 is 0 Å². The number of fused-ring (bicyclic) bond motifs is 1. The first kappa shape index (κ1) is 18.8. The van der Waals surface area contributed by atoms with E-state index in [4.69, 9.17) is 0 Å². The van der Waals surface area contributed by atoms with E-state index in [1.54, 1.807) is 0 Å². The van der Waals surface area contributed by atoms with Gasteiger partial charge in [0.15, 0.2) is 0 Å². The maximum atomic E-state index is 12.9. The zero-order valence-electron chi connectivity index (χ0n) is 15.3. The van der Waals surface area contributed by atoms with Crippen LogP contribution in [-0.4, -0.2) is 5.54 Å². The van der Waals surface area contributed by atoms with Gasteiger partial charge in [-0.2, -0.15) is 18.4 Å². The highest BCUT2D eigenvalue weighted by Crippen LogP contribution is 2.39. The minimum absolute atomic E-state index is 0.325. The minimum atomic E-state index is -4.38. The fourth-order valence-electron chi connectivity index (χ4n) is 3.03. The standard InChI is InChI=1S/C22H19F3N2/c1-21(2,3)27-20-18(14-8-10-16(11-9-14)22(23,24)25)12-15-6-4-5-7-17(15)19(20)13-26/h4-12,27H,1-3H3. The van der Waals surface area contributed by atoms with E-state index in [2.05, 4.69) is 11.4 Å². The smallest absolute Gasteiger partial charge is 0.379 e. The lowest BCUT2D eigenvalue weighted by Gasteiger charge is -2.26. The quantitative estimate of drug-likeness (QED) is 0.552. The van der Waals surface area contributed by atoms with Crippen molar-refractivity contribution < 1.29 is 13.2 Å². The van der Waals surface area contributed by atoms with Gasteiger partial charge in [0.2, 0.25) is 0 Å². The molecule has 0 bridgehead atoms. The molecule has 0 unspecified atom stereocenters. The SMILES string of the molecule is CC(C)(C)Nc1c(-c2ccc(C(F)(F)F)cc2)cc2ccccc2c1C#N. The second-order valence-corrected chi connectivity index (χ2v) is 7.46. The number of benzene rings is 3. The summed E-state index contributed by atoms with van der Waals surface area (Å²) in [7, 11) is 0. The Bertz CT molecular complexity index is 1020. The van der Waals surface area contributed by atoms with Gasteiger partial charge in [-0.1, -0.05) is 36.4 Å².